The molecule has 0 aliphatic rings. The summed E-state index contributed by atoms with van der Waals surface area (Å²) in [5.74, 6) is -0.498. The van der Waals surface area contributed by atoms with Crippen LogP contribution in [0.25, 0.3) is 0 Å². The van der Waals surface area contributed by atoms with E-state index < -0.39 is 5.97 Å². The van der Waals surface area contributed by atoms with Gasteiger partial charge in [0, 0.05) is 4.47 Å². The number of halogens is 1. The Labute approximate surface area is 90.4 Å². The molecular formula is C10H8BrNO2. The van der Waals surface area contributed by atoms with Crippen LogP contribution in [0.5, 0.6) is 0 Å². The van der Waals surface area contributed by atoms with Crippen LogP contribution in [0.2, 0.25) is 0 Å². The van der Waals surface area contributed by atoms with Crippen molar-refractivity contribution in [1.82, 2.24) is 0 Å². The smallest absolute Gasteiger partial charge is 0.339 e. The van der Waals surface area contributed by atoms with E-state index in [9.17, 15) is 4.79 Å². The zero-order valence-corrected chi connectivity index (χ0v) is 9.38. The van der Waals surface area contributed by atoms with Gasteiger partial charge in [0.25, 0.3) is 0 Å². The van der Waals surface area contributed by atoms with Crippen molar-refractivity contribution >= 4 is 21.9 Å². The van der Waals surface area contributed by atoms with E-state index in [-0.39, 0.29) is 5.56 Å². The summed E-state index contributed by atoms with van der Waals surface area (Å²) in [5, 5.41) is 8.81. The topological polar surface area (TPSA) is 50.1 Å². The van der Waals surface area contributed by atoms with Crippen molar-refractivity contribution in [3.63, 3.8) is 0 Å². The van der Waals surface area contributed by atoms with E-state index in [0.29, 0.717) is 5.56 Å². The highest BCUT2D eigenvalue weighted by molar-refractivity contribution is 9.10. The van der Waals surface area contributed by atoms with Crippen LogP contribution < -0.4 is 0 Å². The number of benzene rings is 1. The minimum atomic E-state index is -0.498. The summed E-state index contributed by atoms with van der Waals surface area (Å²) in [6.07, 6.45) is 0. The molecule has 0 atom stereocenters. The molecule has 0 spiro atoms. The number of hydrogen-bond donors (Lipinski definition) is 0. The number of carbonyl (C=O) groups is 1. The van der Waals surface area contributed by atoms with Crippen molar-refractivity contribution in [2.75, 3.05) is 7.11 Å². The van der Waals surface area contributed by atoms with Crippen LogP contribution in [-0.4, -0.2) is 13.1 Å². The number of aryl methyl sites for hydroxylation is 1. The molecule has 4 heteroatoms. The molecule has 3 nitrogen and oxygen atoms in total. The van der Waals surface area contributed by atoms with E-state index in [1.165, 1.54) is 7.11 Å². The number of esters is 1. The van der Waals surface area contributed by atoms with Crippen LogP contribution >= 0.6 is 15.9 Å². The molecule has 0 saturated heterocycles. The molecule has 0 saturated carbocycles. The Morgan fingerprint density at radius 2 is 2.21 bits per heavy atom. The van der Waals surface area contributed by atoms with Crippen molar-refractivity contribution in [3.8, 4) is 6.07 Å². The summed E-state index contributed by atoms with van der Waals surface area (Å²) in [7, 11) is 1.29. The van der Waals surface area contributed by atoms with Crippen molar-refractivity contribution in [2.24, 2.45) is 0 Å². The Bertz CT molecular complexity index is 421. The predicted octanol–water partition coefficient (Wildman–Crippen LogP) is 2.42. The van der Waals surface area contributed by atoms with Gasteiger partial charge in [-0.25, -0.2) is 4.79 Å². The maximum Gasteiger partial charge on any atom is 0.339 e. The SMILES string of the molecule is COC(=O)c1cc(Br)c(C)cc1C#N. The van der Waals surface area contributed by atoms with E-state index in [1.54, 1.807) is 12.1 Å². The number of nitriles is 1. The zero-order valence-electron chi connectivity index (χ0n) is 7.80. The maximum absolute atomic E-state index is 11.3. The first-order chi connectivity index (χ1) is 6.60. The first-order valence-electron chi connectivity index (χ1n) is 3.88. The molecule has 0 aliphatic carbocycles. The van der Waals surface area contributed by atoms with Gasteiger partial charge >= 0.3 is 5.97 Å². The normalized spacial score (nSPS) is 9.29. The van der Waals surface area contributed by atoms with Crippen LogP contribution in [0.4, 0.5) is 0 Å². The van der Waals surface area contributed by atoms with Crippen molar-refractivity contribution in [1.29, 1.82) is 5.26 Å². The Morgan fingerprint density at radius 3 is 2.71 bits per heavy atom. The highest BCUT2D eigenvalue weighted by atomic mass is 79.9. The lowest BCUT2D eigenvalue weighted by Gasteiger charge is -2.04. The Kier molecular flexibility index (Phi) is 3.26. The largest absolute Gasteiger partial charge is 0.465 e. The van der Waals surface area contributed by atoms with Gasteiger partial charge in [-0.1, -0.05) is 15.9 Å². The minimum Gasteiger partial charge on any atom is -0.465 e. The molecule has 0 N–H and O–H groups in total. The fourth-order valence-corrected chi connectivity index (χ4v) is 1.40. The van der Waals surface area contributed by atoms with E-state index in [1.807, 2.05) is 13.0 Å². The predicted molar refractivity (Wildman–Crippen MR) is 54.9 cm³/mol. The molecule has 14 heavy (non-hydrogen) atoms. The van der Waals surface area contributed by atoms with Crippen LogP contribution in [0.15, 0.2) is 16.6 Å². The van der Waals surface area contributed by atoms with Gasteiger partial charge in [0.1, 0.15) is 6.07 Å². The second kappa shape index (κ2) is 4.25. The number of ether oxygens (including phenoxy) is 1. The highest BCUT2D eigenvalue weighted by Gasteiger charge is 2.13. The molecule has 1 rings (SSSR count). The molecule has 0 fully saturated rings. The van der Waals surface area contributed by atoms with Crippen molar-refractivity contribution in [2.45, 2.75) is 6.92 Å². The fourth-order valence-electron chi connectivity index (χ4n) is 1.05. The van der Waals surface area contributed by atoms with Crippen LogP contribution in [0, 0.1) is 18.3 Å². The summed E-state index contributed by atoms with van der Waals surface area (Å²) in [6.45, 7) is 1.85. The number of methoxy groups -OCH3 is 1. The quantitative estimate of drug-likeness (QED) is 0.723. The van der Waals surface area contributed by atoms with E-state index in [2.05, 4.69) is 20.7 Å². The monoisotopic (exact) mass is 253 g/mol. The molecule has 0 amide bonds. The third kappa shape index (κ3) is 1.94. The molecular weight excluding hydrogens is 246 g/mol. The standard InChI is InChI=1S/C10H8BrNO2/c1-6-3-7(5-12)8(4-9(6)11)10(13)14-2/h3-4H,1-2H3. The second-order valence-corrected chi connectivity index (χ2v) is 3.60. The number of rotatable bonds is 1. The lowest BCUT2D eigenvalue weighted by molar-refractivity contribution is 0.0600. The Morgan fingerprint density at radius 1 is 1.57 bits per heavy atom. The zero-order chi connectivity index (χ0) is 10.7. The van der Waals surface area contributed by atoms with Gasteiger partial charge in [-0.05, 0) is 24.6 Å². The molecule has 1 aromatic rings. The summed E-state index contributed by atoms with van der Waals surface area (Å²) < 4.78 is 5.35. The molecule has 72 valence electrons. The van der Waals surface area contributed by atoms with Gasteiger partial charge in [0.15, 0.2) is 0 Å². The molecule has 0 heterocycles. The average Bonchev–Trinajstić information content (AvgIpc) is 2.20. The number of nitrogens with zero attached hydrogens (tertiary/aromatic N) is 1. The average molecular weight is 254 g/mol. The van der Waals surface area contributed by atoms with Crippen LogP contribution in [0.3, 0.4) is 0 Å². The van der Waals surface area contributed by atoms with Gasteiger partial charge in [-0.2, -0.15) is 5.26 Å². The molecule has 0 aromatic heterocycles. The lowest BCUT2D eigenvalue weighted by Crippen LogP contribution is -2.04. The second-order valence-electron chi connectivity index (χ2n) is 2.75. The molecule has 1 aromatic carbocycles. The third-order valence-electron chi connectivity index (χ3n) is 1.82. The number of carbonyl (C=O) groups excluding carboxylic acids is 1. The van der Waals surface area contributed by atoms with Gasteiger partial charge in [0.05, 0.1) is 18.2 Å². The summed E-state index contributed by atoms with van der Waals surface area (Å²) >= 11 is 3.29. The molecule has 0 aliphatic heterocycles. The Balaban J connectivity index is 3.36. The summed E-state index contributed by atoms with van der Waals surface area (Å²) in [6, 6.07) is 5.20. The third-order valence-corrected chi connectivity index (χ3v) is 2.68. The van der Waals surface area contributed by atoms with Crippen molar-refractivity contribution in [3.05, 3.63) is 33.3 Å². The van der Waals surface area contributed by atoms with E-state index in [0.717, 1.165) is 10.0 Å². The first-order valence-corrected chi connectivity index (χ1v) is 4.68. The fraction of sp³-hybridized carbons (Fsp3) is 0.200. The summed E-state index contributed by atoms with van der Waals surface area (Å²) in [4.78, 5) is 11.3. The van der Waals surface area contributed by atoms with E-state index in [4.69, 9.17) is 5.26 Å². The molecule has 0 radical (unpaired) electrons. The van der Waals surface area contributed by atoms with Crippen LogP contribution in [0.1, 0.15) is 21.5 Å². The number of hydrogen-bond acceptors (Lipinski definition) is 3. The minimum absolute atomic E-state index is 0.285. The summed E-state index contributed by atoms with van der Waals surface area (Å²) in [5.41, 5.74) is 1.53. The molecule has 0 bridgehead atoms. The van der Waals surface area contributed by atoms with Gasteiger partial charge in [-0.3, -0.25) is 0 Å². The first kappa shape index (κ1) is 10.7. The van der Waals surface area contributed by atoms with Gasteiger partial charge in [0.2, 0.25) is 0 Å². The Hall–Kier alpha value is -1.34. The van der Waals surface area contributed by atoms with Crippen molar-refractivity contribution < 1.29 is 9.53 Å². The highest BCUT2D eigenvalue weighted by Crippen LogP contribution is 2.21. The lowest BCUT2D eigenvalue weighted by atomic mass is 10.1. The molecule has 0 unspecified atom stereocenters. The van der Waals surface area contributed by atoms with Gasteiger partial charge in [-0.15, -0.1) is 0 Å². The maximum atomic E-state index is 11.3. The van der Waals surface area contributed by atoms with Gasteiger partial charge < -0.3 is 4.74 Å². The van der Waals surface area contributed by atoms with E-state index >= 15 is 0 Å². The van der Waals surface area contributed by atoms with Crippen LogP contribution in [-0.2, 0) is 4.74 Å².